The van der Waals surface area contributed by atoms with Crippen LogP contribution in [0.3, 0.4) is 0 Å². The summed E-state index contributed by atoms with van der Waals surface area (Å²) in [5.41, 5.74) is 4.72. The Labute approximate surface area is 132 Å². The number of aromatic nitrogens is 1. The van der Waals surface area contributed by atoms with Gasteiger partial charge in [-0.3, -0.25) is 4.98 Å². The van der Waals surface area contributed by atoms with Crippen molar-refractivity contribution < 1.29 is 0 Å². The van der Waals surface area contributed by atoms with Gasteiger partial charge in [0.15, 0.2) is 0 Å². The van der Waals surface area contributed by atoms with E-state index in [4.69, 9.17) is 11.6 Å². The van der Waals surface area contributed by atoms with E-state index in [1.807, 2.05) is 12.3 Å². The average molecular weight is 303 g/mol. The van der Waals surface area contributed by atoms with Crippen LogP contribution >= 0.6 is 11.6 Å². The summed E-state index contributed by atoms with van der Waals surface area (Å²) in [5, 5.41) is 4.40. The number of benzene rings is 1. The number of pyridine rings is 1. The largest absolute Gasteiger partial charge is 0.310 e. The molecule has 2 aromatic rings. The van der Waals surface area contributed by atoms with Gasteiger partial charge in [-0.05, 0) is 61.7 Å². The lowest BCUT2D eigenvalue weighted by molar-refractivity contribution is 0.524. The van der Waals surface area contributed by atoms with E-state index in [1.54, 1.807) is 0 Å². The third-order valence-corrected chi connectivity index (χ3v) is 3.71. The highest BCUT2D eigenvalue weighted by molar-refractivity contribution is 6.30. The first-order valence-corrected chi connectivity index (χ1v) is 7.88. The number of hydrogen-bond acceptors (Lipinski definition) is 2. The minimum atomic E-state index is 0.248. The van der Waals surface area contributed by atoms with E-state index in [9.17, 15) is 0 Å². The maximum atomic E-state index is 6.21. The molecule has 0 fully saturated rings. The monoisotopic (exact) mass is 302 g/mol. The van der Waals surface area contributed by atoms with Gasteiger partial charge in [-0.25, -0.2) is 0 Å². The van der Waals surface area contributed by atoms with Crippen LogP contribution in [0.2, 0.25) is 5.02 Å². The van der Waals surface area contributed by atoms with E-state index >= 15 is 0 Å². The number of halogens is 1. The second kappa shape index (κ2) is 7.58. The van der Waals surface area contributed by atoms with Gasteiger partial charge in [0.25, 0.3) is 0 Å². The molecule has 3 heteroatoms. The number of nitrogens with zero attached hydrogens (tertiary/aromatic N) is 1. The van der Waals surface area contributed by atoms with E-state index in [2.05, 4.69) is 55.3 Å². The highest BCUT2D eigenvalue weighted by atomic mass is 35.5. The third kappa shape index (κ3) is 4.83. The number of nitrogens with one attached hydrogen (secondary N) is 1. The van der Waals surface area contributed by atoms with Gasteiger partial charge in [0.2, 0.25) is 0 Å². The van der Waals surface area contributed by atoms with Crippen molar-refractivity contribution in [1.29, 1.82) is 0 Å². The van der Waals surface area contributed by atoms with Crippen LogP contribution in [0.1, 0.15) is 41.8 Å². The van der Waals surface area contributed by atoms with Gasteiger partial charge in [-0.15, -0.1) is 0 Å². The molecule has 1 aromatic heterocycles. The van der Waals surface area contributed by atoms with Crippen molar-refractivity contribution in [2.75, 3.05) is 6.54 Å². The summed E-state index contributed by atoms with van der Waals surface area (Å²) in [5.74, 6) is 0. The summed E-state index contributed by atoms with van der Waals surface area (Å²) in [6.45, 7) is 7.31. The molecule has 2 rings (SSSR count). The van der Waals surface area contributed by atoms with Crippen LogP contribution in [-0.4, -0.2) is 11.5 Å². The molecule has 0 radical (unpaired) electrons. The Morgan fingerprint density at radius 3 is 2.57 bits per heavy atom. The summed E-state index contributed by atoms with van der Waals surface area (Å²) in [6.07, 6.45) is 3.91. The summed E-state index contributed by atoms with van der Waals surface area (Å²) >= 11 is 6.21. The fourth-order valence-corrected chi connectivity index (χ4v) is 2.72. The molecule has 2 nitrogen and oxygen atoms in total. The van der Waals surface area contributed by atoms with E-state index in [-0.39, 0.29) is 6.04 Å². The van der Waals surface area contributed by atoms with Crippen molar-refractivity contribution in [2.24, 2.45) is 0 Å². The molecule has 0 saturated heterocycles. The van der Waals surface area contributed by atoms with Crippen molar-refractivity contribution in [1.82, 2.24) is 10.3 Å². The van der Waals surface area contributed by atoms with Gasteiger partial charge in [-0.1, -0.05) is 30.7 Å². The second-order valence-electron chi connectivity index (χ2n) is 5.60. The number of hydrogen-bond donors (Lipinski definition) is 1. The summed E-state index contributed by atoms with van der Waals surface area (Å²) in [6, 6.07) is 10.7. The van der Waals surface area contributed by atoms with Crippen LogP contribution in [-0.2, 0) is 6.42 Å². The number of aryl methyl sites for hydroxylation is 2. The standard InChI is InChI=1S/C18H23ClN2/c1-4-7-20-18(11-17-6-5-13(2)12-21-17)15-8-14(3)9-16(19)10-15/h5-6,8-10,12,18,20H,4,7,11H2,1-3H3. The fraction of sp³-hybridized carbons (Fsp3) is 0.389. The Balaban J connectivity index is 2.22. The van der Waals surface area contributed by atoms with Crippen LogP contribution in [0, 0.1) is 13.8 Å². The highest BCUT2D eigenvalue weighted by Gasteiger charge is 2.13. The van der Waals surface area contributed by atoms with Crippen LogP contribution in [0.5, 0.6) is 0 Å². The lowest BCUT2D eigenvalue weighted by Gasteiger charge is -2.19. The average Bonchev–Trinajstić information content (AvgIpc) is 2.44. The Morgan fingerprint density at radius 2 is 1.95 bits per heavy atom. The molecule has 0 bridgehead atoms. The quantitative estimate of drug-likeness (QED) is 0.841. The highest BCUT2D eigenvalue weighted by Crippen LogP contribution is 2.23. The molecular formula is C18H23ClN2. The van der Waals surface area contributed by atoms with Crippen LogP contribution in [0.15, 0.2) is 36.5 Å². The Bertz CT molecular complexity index is 558. The van der Waals surface area contributed by atoms with Gasteiger partial charge in [0.1, 0.15) is 0 Å². The Kier molecular flexibility index (Phi) is 5.77. The lowest BCUT2D eigenvalue weighted by Crippen LogP contribution is -2.24. The first-order chi connectivity index (χ1) is 10.1. The van der Waals surface area contributed by atoms with Gasteiger partial charge >= 0.3 is 0 Å². The number of rotatable bonds is 6. The Morgan fingerprint density at radius 1 is 1.14 bits per heavy atom. The zero-order valence-corrected chi connectivity index (χ0v) is 13.7. The van der Waals surface area contributed by atoms with Crippen molar-refractivity contribution in [3.63, 3.8) is 0 Å². The molecule has 0 amide bonds. The minimum Gasteiger partial charge on any atom is -0.310 e. The first kappa shape index (κ1) is 16.0. The maximum absolute atomic E-state index is 6.21. The molecule has 21 heavy (non-hydrogen) atoms. The molecule has 0 spiro atoms. The zero-order valence-electron chi connectivity index (χ0n) is 13.0. The first-order valence-electron chi connectivity index (χ1n) is 7.50. The molecule has 1 atom stereocenters. The molecule has 0 aliphatic carbocycles. The van der Waals surface area contributed by atoms with E-state index in [1.165, 1.54) is 16.7 Å². The van der Waals surface area contributed by atoms with Crippen molar-refractivity contribution in [3.05, 3.63) is 63.9 Å². The minimum absolute atomic E-state index is 0.248. The third-order valence-electron chi connectivity index (χ3n) is 3.49. The van der Waals surface area contributed by atoms with E-state index in [0.717, 1.165) is 30.1 Å². The molecule has 1 N–H and O–H groups in total. The summed E-state index contributed by atoms with van der Waals surface area (Å²) < 4.78 is 0. The van der Waals surface area contributed by atoms with E-state index in [0.29, 0.717) is 0 Å². The lowest BCUT2D eigenvalue weighted by atomic mass is 9.99. The maximum Gasteiger partial charge on any atom is 0.0422 e. The predicted molar refractivity (Wildman–Crippen MR) is 89.9 cm³/mol. The van der Waals surface area contributed by atoms with Crippen LogP contribution in [0.25, 0.3) is 0 Å². The van der Waals surface area contributed by atoms with Gasteiger partial charge < -0.3 is 5.32 Å². The van der Waals surface area contributed by atoms with E-state index < -0.39 is 0 Å². The van der Waals surface area contributed by atoms with Crippen LogP contribution in [0.4, 0.5) is 0 Å². The van der Waals surface area contributed by atoms with Gasteiger partial charge in [0, 0.05) is 29.4 Å². The van der Waals surface area contributed by atoms with Crippen molar-refractivity contribution >= 4 is 11.6 Å². The molecule has 0 aliphatic heterocycles. The Hall–Kier alpha value is -1.38. The summed E-state index contributed by atoms with van der Waals surface area (Å²) in [4.78, 5) is 4.52. The molecular weight excluding hydrogens is 280 g/mol. The van der Waals surface area contributed by atoms with Crippen molar-refractivity contribution in [2.45, 2.75) is 39.7 Å². The molecule has 1 aromatic carbocycles. The zero-order chi connectivity index (χ0) is 15.2. The van der Waals surface area contributed by atoms with Gasteiger partial charge in [0.05, 0.1) is 0 Å². The molecule has 0 aliphatic rings. The normalized spacial score (nSPS) is 12.4. The molecule has 0 saturated carbocycles. The molecule has 1 heterocycles. The fourth-order valence-electron chi connectivity index (χ4n) is 2.42. The second-order valence-corrected chi connectivity index (χ2v) is 6.04. The van der Waals surface area contributed by atoms with Crippen molar-refractivity contribution in [3.8, 4) is 0 Å². The topological polar surface area (TPSA) is 24.9 Å². The predicted octanol–water partition coefficient (Wildman–Crippen LogP) is 4.64. The van der Waals surface area contributed by atoms with Gasteiger partial charge in [-0.2, -0.15) is 0 Å². The summed E-state index contributed by atoms with van der Waals surface area (Å²) in [7, 11) is 0. The molecule has 1 unspecified atom stereocenters. The smallest absolute Gasteiger partial charge is 0.0422 e. The SMILES string of the molecule is CCCNC(Cc1ccc(C)cn1)c1cc(C)cc(Cl)c1. The van der Waals surface area contributed by atoms with Crippen LogP contribution < -0.4 is 5.32 Å². The molecule has 112 valence electrons.